The van der Waals surface area contributed by atoms with Crippen LogP contribution < -0.4 is 21.7 Å². The smallest absolute Gasteiger partial charge is 0.117 e. The summed E-state index contributed by atoms with van der Waals surface area (Å²) in [7, 11) is 1.73. The summed E-state index contributed by atoms with van der Waals surface area (Å²) >= 11 is 6.09. The molecule has 8 atom stereocenters. The van der Waals surface area contributed by atoms with Crippen molar-refractivity contribution in [3.8, 4) is 0 Å². The monoisotopic (exact) mass is 334 g/mol. The van der Waals surface area contributed by atoms with Crippen LogP contribution in [0, 0.1) is 5.92 Å². The molecule has 0 aromatic rings. The molecule has 2 aliphatic carbocycles. The lowest BCUT2D eigenvalue weighted by molar-refractivity contribution is -0.000320. The van der Waals surface area contributed by atoms with E-state index in [1.54, 1.807) is 7.11 Å². The average Bonchev–Trinajstić information content (AvgIpc) is 2.51. The Kier molecular flexibility index (Phi) is 5.58. The molecule has 5 nitrogen and oxygen atoms in total. The highest BCUT2D eigenvalue weighted by atomic mass is 35.5. The number of nitrogens with two attached hydrogens (primary N) is 1. The zero-order valence-electron chi connectivity index (χ0n) is 13.1. The van der Waals surface area contributed by atoms with Crippen molar-refractivity contribution in [2.45, 2.75) is 74.0 Å². The quantitative estimate of drug-likeness (QED) is 0.571. The third-order valence-electron chi connectivity index (χ3n) is 5.55. The maximum Gasteiger partial charge on any atom is 0.117 e. The van der Waals surface area contributed by atoms with Gasteiger partial charge in [-0.25, -0.2) is 4.39 Å². The van der Waals surface area contributed by atoms with Crippen molar-refractivity contribution in [3.63, 3.8) is 0 Å². The predicted octanol–water partition coefficient (Wildman–Crippen LogP) is 0.671. The molecule has 0 spiro atoms. The molecular formula is C15H28ClFN4O. The third kappa shape index (κ3) is 3.57. The van der Waals surface area contributed by atoms with E-state index in [9.17, 15) is 4.39 Å². The first kappa shape index (κ1) is 16.9. The van der Waals surface area contributed by atoms with Crippen LogP contribution >= 0.6 is 11.6 Å². The van der Waals surface area contributed by atoms with Gasteiger partial charge in [0.05, 0.1) is 17.6 Å². The zero-order valence-corrected chi connectivity index (χ0v) is 13.9. The van der Waals surface area contributed by atoms with Gasteiger partial charge in [-0.1, -0.05) is 0 Å². The lowest BCUT2D eigenvalue weighted by Gasteiger charge is -2.48. The van der Waals surface area contributed by atoms with Crippen LogP contribution in [0.15, 0.2) is 0 Å². The molecule has 1 heterocycles. The van der Waals surface area contributed by atoms with E-state index in [0.29, 0.717) is 24.8 Å². The van der Waals surface area contributed by atoms with Crippen molar-refractivity contribution in [1.82, 2.24) is 16.0 Å². The molecule has 7 heteroatoms. The summed E-state index contributed by atoms with van der Waals surface area (Å²) in [5, 5.41) is 10.3. The summed E-state index contributed by atoms with van der Waals surface area (Å²) in [6.45, 7) is 0.771. The number of fused-ring (bicyclic) bond motifs is 1. The van der Waals surface area contributed by atoms with Crippen molar-refractivity contribution in [2.75, 3.05) is 13.8 Å². The second kappa shape index (κ2) is 7.28. The third-order valence-corrected chi connectivity index (χ3v) is 6.00. The SMILES string of the molecule is COC1CC2NCNC(NC3CCC(F)C(Cl)C3)C2CC1N. The summed E-state index contributed by atoms with van der Waals surface area (Å²) in [6.07, 6.45) is 3.43. The van der Waals surface area contributed by atoms with E-state index in [2.05, 4.69) is 16.0 Å². The van der Waals surface area contributed by atoms with Crippen LogP contribution in [-0.2, 0) is 4.74 Å². The standard InChI is InChI=1S/C15H28ClFN4O/c1-22-14-6-13-9(5-12(14)18)15(20-7-19-13)21-8-2-3-11(17)10(16)4-8/h8-15,19-21H,2-7,18H2,1H3. The van der Waals surface area contributed by atoms with Crippen LogP contribution in [0.4, 0.5) is 4.39 Å². The summed E-state index contributed by atoms with van der Waals surface area (Å²) in [4.78, 5) is 0. The molecule has 8 unspecified atom stereocenters. The van der Waals surface area contributed by atoms with E-state index in [1.807, 2.05) is 0 Å². The van der Waals surface area contributed by atoms with Gasteiger partial charge in [-0.3, -0.25) is 10.6 Å². The number of rotatable bonds is 3. The summed E-state index contributed by atoms with van der Waals surface area (Å²) in [5.41, 5.74) is 6.25. The minimum atomic E-state index is -0.862. The number of halogens is 2. The maximum absolute atomic E-state index is 13.5. The number of ether oxygens (including phenoxy) is 1. The van der Waals surface area contributed by atoms with Crippen LogP contribution in [0.3, 0.4) is 0 Å². The van der Waals surface area contributed by atoms with Gasteiger partial charge < -0.3 is 15.8 Å². The Bertz CT molecular complexity index is 377. The molecule has 3 fully saturated rings. The van der Waals surface area contributed by atoms with Gasteiger partial charge >= 0.3 is 0 Å². The van der Waals surface area contributed by atoms with E-state index in [1.165, 1.54) is 0 Å². The van der Waals surface area contributed by atoms with Crippen LogP contribution in [0.2, 0.25) is 0 Å². The average molecular weight is 335 g/mol. The number of methoxy groups -OCH3 is 1. The van der Waals surface area contributed by atoms with Crippen molar-refractivity contribution in [1.29, 1.82) is 0 Å². The molecule has 3 rings (SSSR count). The fourth-order valence-corrected chi connectivity index (χ4v) is 4.56. The van der Waals surface area contributed by atoms with E-state index in [0.717, 1.165) is 25.9 Å². The van der Waals surface area contributed by atoms with E-state index in [4.69, 9.17) is 22.1 Å². The normalized spacial score (nSPS) is 49.6. The number of nitrogens with one attached hydrogen (secondary N) is 3. The largest absolute Gasteiger partial charge is 0.380 e. The highest BCUT2D eigenvalue weighted by Gasteiger charge is 2.42. The highest BCUT2D eigenvalue weighted by Crippen LogP contribution is 2.31. The molecule has 1 aliphatic heterocycles. The number of alkyl halides is 2. The first-order chi connectivity index (χ1) is 10.6. The van der Waals surface area contributed by atoms with Crippen LogP contribution in [0.1, 0.15) is 32.1 Å². The van der Waals surface area contributed by atoms with Gasteiger partial charge in [0.15, 0.2) is 0 Å². The van der Waals surface area contributed by atoms with E-state index >= 15 is 0 Å². The van der Waals surface area contributed by atoms with E-state index in [-0.39, 0.29) is 29.7 Å². The Morgan fingerprint density at radius 2 is 2.05 bits per heavy atom. The lowest BCUT2D eigenvalue weighted by atomic mass is 9.77. The van der Waals surface area contributed by atoms with Gasteiger partial charge in [0.2, 0.25) is 0 Å². The van der Waals surface area contributed by atoms with Gasteiger partial charge in [-0.05, 0) is 32.1 Å². The summed E-state index contributed by atoms with van der Waals surface area (Å²) in [5.74, 6) is 0.423. The molecule has 1 saturated heterocycles. The molecule has 5 N–H and O–H groups in total. The Balaban J connectivity index is 1.59. The Labute approximate surface area is 136 Å². The van der Waals surface area contributed by atoms with Gasteiger partial charge in [-0.2, -0.15) is 0 Å². The zero-order chi connectivity index (χ0) is 15.7. The lowest BCUT2D eigenvalue weighted by Crippen LogP contribution is -2.68. The molecule has 0 aromatic heterocycles. The van der Waals surface area contributed by atoms with Crippen LogP contribution in [0.25, 0.3) is 0 Å². The number of hydrogen-bond donors (Lipinski definition) is 4. The van der Waals surface area contributed by atoms with Crippen molar-refractivity contribution in [3.05, 3.63) is 0 Å². The molecule has 128 valence electrons. The first-order valence-corrected chi connectivity index (χ1v) is 8.81. The minimum absolute atomic E-state index is 0.0691. The number of hydrogen-bond acceptors (Lipinski definition) is 5. The maximum atomic E-state index is 13.5. The second-order valence-corrected chi connectivity index (χ2v) is 7.51. The summed E-state index contributed by atoms with van der Waals surface area (Å²) in [6, 6.07) is 0.759. The van der Waals surface area contributed by atoms with Gasteiger partial charge in [0.25, 0.3) is 0 Å². The topological polar surface area (TPSA) is 71.3 Å². The Morgan fingerprint density at radius 3 is 2.77 bits per heavy atom. The molecule has 22 heavy (non-hydrogen) atoms. The highest BCUT2D eigenvalue weighted by molar-refractivity contribution is 6.21. The second-order valence-electron chi connectivity index (χ2n) is 6.95. The fraction of sp³-hybridized carbons (Fsp3) is 1.00. The molecule has 0 amide bonds. The van der Waals surface area contributed by atoms with E-state index < -0.39 is 6.17 Å². The van der Waals surface area contributed by atoms with Crippen molar-refractivity contribution in [2.24, 2.45) is 11.7 Å². The van der Waals surface area contributed by atoms with Gasteiger partial charge in [-0.15, -0.1) is 11.6 Å². The van der Waals surface area contributed by atoms with Crippen LogP contribution in [0.5, 0.6) is 0 Å². The fourth-order valence-electron chi connectivity index (χ4n) is 4.22. The predicted molar refractivity (Wildman–Crippen MR) is 85.5 cm³/mol. The molecular weight excluding hydrogens is 307 g/mol. The van der Waals surface area contributed by atoms with Crippen LogP contribution in [-0.4, -0.2) is 55.7 Å². The molecule has 0 aromatic carbocycles. The molecule has 0 radical (unpaired) electrons. The molecule has 2 saturated carbocycles. The molecule has 0 bridgehead atoms. The Morgan fingerprint density at radius 1 is 1.23 bits per heavy atom. The minimum Gasteiger partial charge on any atom is -0.380 e. The Hall–Kier alpha value is 0.0200. The summed E-state index contributed by atoms with van der Waals surface area (Å²) < 4.78 is 19.0. The van der Waals surface area contributed by atoms with Gasteiger partial charge in [0.1, 0.15) is 6.17 Å². The van der Waals surface area contributed by atoms with Crippen molar-refractivity contribution < 1.29 is 9.13 Å². The molecule has 3 aliphatic rings. The first-order valence-electron chi connectivity index (χ1n) is 8.37. The van der Waals surface area contributed by atoms with Gasteiger partial charge in [0, 0.05) is 37.8 Å². The van der Waals surface area contributed by atoms with Crippen molar-refractivity contribution >= 4 is 11.6 Å².